The van der Waals surface area contributed by atoms with Crippen LogP contribution in [0.5, 0.6) is 5.75 Å². The Balaban J connectivity index is 1.91. The number of benzene rings is 2. The molecule has 31 heavy (non-hydrogen) atoms. The van der Waals surface area contributed by atoms with E-state index in [1.807, 2.05) is 60.7 Å². The number of thiophene rings is 1. The number of rotatable bonds is 6. The Morgan fingerprint density at radius 2 is 1.81 bits per heavy atom. The van der Waals surface area contributed by atoms with Crippen LogP contribution in [0.1, 0.15) is 9.67 Å². The number of carboxylic acid groups (broad SMARTS) is 1. The van der Waals surface area contributed by atoms with Crippen LogP contribution >= 0.6 is 11.3 Å². The molecule has 4 aromatic rings. The Bertz CT molecular complexity index is 1270. The maximum absolute atomic E-state index is 12.5. The molecule has 0 bridgehead atoms. The number of amides is 1. The molecule has 2 aromatic heterocycles. The van der Waals surface area contributed by atoms with Crippen LogP contribution in [0.25, 0.3) is 32.6 Å². The van der Waals surface area contributed by atoms with Crippen LogP contribution in [-0.2, 0) is 4.79 Å². The van der Waals surface area contributed by atoms with Gasteiger partial charge in [0.2, 0.25) is 0 Å². The van der Waals surface area contributed by atoms with Gasteiger partial charge in [-0.25, -0.2) is 4.98 Å². The number of nitrogens with zero attached hydrogens (tertiary/aromatic N) is 1. The number of methoxy groups -OCH3 is 1. The number of nitrogen functional groups attached to an aromatic ring is 1. The highest BCUT2D eigenvalue weighted by Gasteiger charge is 2.22. The van der Waals surface area contributed by atoms with E-state index in [0.717, 1.165) is 39.5 Å². The molecule has 2 heterocycles. The first-order chi connectivity index (χ1) is 15.0. The second-order valence-corrected chi connectivity index (χ2v) is 7.75. The van der Waals surface area contributed by atoms with Crippen molar-refractivity contribution in [2.24, 2.45) is 0 Å². The average molecular weight is 433 g/mol. The van der Waals surface area contributed by atoms with Crippen LogP contribution in [0.3, 0.4) is 0 Å². The molecule has 0 radical (unpaired) electrons. The first kappa shape index (κ1) is 20.4. The monoisotopic (exact) mass is 433 g/mol. The molecular weight excluding hydrogens is 414 g/mol. The van der Waals surface area contributed by atoms with E-state index in [2.05, 4.69) is 5.32 Å². The molecule has 0 aliphatic heterocycles. The molecule has 0 atom stereocenters. The summed E-state index contributed by atoms with van der Waals surface area (Å²) >= 11 is 1.14. The van der Waals surface area contributed by atoms with Crippen molar-refractivity contribution in [2.45, 2.75) is 0 Å². The van der Waals surface area contributed by atoms with Crippen molar-refractivity contribution in [2.75, 3.05) is 19.4 Å². The van der Waals surface area contributed by atoms with Gasteiger partial charge < -0.3 is 20.9 Å². The number of fused-ring (bicyclic) bond motifs is 1. The molecule has 0 aliphatic rings. The lowest BCUT2D eigenvalue weighted by atomic mass is 9.99. The van der Waals surface area contributed by atoms with Gasteiger partial charge in [0.05, 0.1) is 18.5 Å². The fourth-order valence-electron chi connectivity index (χ4n) is 3.28. The van der Waals surface area contributed by atoms with Gasteiger partial charge in [-0.1, -0.05) is 42.5 Å². The normalized spacial score (nSPS) is 10.7. The van der Waals surface area contributed by atoms with Crippen LogP contribution in [0.15, 0.2) is 60.7 Å². The molecule has 8 heteroatoms. The predicted octanol–water partition coefficient (Wildman–Crippen LogP) is 4.04. The topological polar surface area (TPSA) is 115 Å². The van der Waals surface area contributed by atoms with Crippen LogP contribution in [0.4, 0.5) is 5.69 Å². The third kappa shape index (κ3) is 4.06. The Hall–Kier alpha value is -3.91. The van der Waals surface area contributed by atoms with Gasteiger partial charge in [0.25, 0.3) is 5.91 Å². The highest BCUT2D eigenvalue weighted by atomic mass is 32.1. The molecule has 0 saturated heterocycles. The number of aliphatic carboxylic acids is 1. The number of nitrogens with one attached hydrogen (secondary N) is 1. The molecule has 1 amide bonds. The van der Waals surface area contributed by atoms with Gasteiger partial charge in [-0.3, -0.25) is 9.59 Å². The van der Waals surface area contributed by atoms with Gasteiger partial charge in [0.15, 0.2) is 0 Å². The zero-order valence-corrected chi connectivity index (χ0v) is 17.4. The average Bonchev–Trinajstić information content (AvgIpc) is 3.14. The van der Waals surface area contributed by atoms with E-state index in [4.69, 9.17) is 20.6 Å². The molecule has 7 nitrogen and oxygen atoms in total. The molecule has 0 aliphatic carbocycles. The van der Waals surface area contributed by atoms with Crippen molar-refractivity contribution >= 4 is 39.1 Å². The summed E-state index contributed by atoms with van der Waals surface area (Å²) in [5.41, 5.74) is 10.1. The molecule has 0 saturated carbocycles. The number of carbonyl (C=O) groups is 2. The molecule has 156 valence electrons. The Kier molecular flexibility index (Phi) is 5.55. The number of aromatic nitrogens is 1. The Morgan fingerprint density at radius 1 is 1.10 bits per heavy atom. The SMILES string of the molecule is COc1ccc(-c2cc(-c3ccccc3)nc3sc(C(=O)NCC(=O)O)c(N)c23)cc1. The van der Waals surface area contributed by atoms with E-state index >= 15 is 0 Å². The fraction of sp³-hybridized carbons (Fsp3) is 0.0870. The molecule has 4 N–H and O–H groups in total. The number of ether oxygens (including phenoxy) is 1. The minimum atomic E-state index is -1.13. The van der Waals surface area contributed by atoms with Gasteiger partial charge in [0.1, 0.15) is 22.0 Å². The quantitative estimate of drug-likeness (QED) is 0.423. The lowest BCUT2D eigenvalue weighted by Gasteiger charge is -2.09. The maximum Gasteiger partial charge on any atom is 0.322 e. The first-order valence-electron chi connectivity index (χ1n) is 9.40. The van der Waals surface area contributed by atoms with Crippen molar-refractivity contribution in [1.82, 2.24) is 10.3 Å². The third-order valence-corrected chi connectivity index (χ3v) is 5.87. The summed E-state index contributed by atoms with van der Waals surface area (Å²) in [6, 6.07) is 19.2. The number of hydrogen-bond acceptors (Lipinski definition) is 6. The van der Waals surface area contributed by atoms with Crippen molar-refractivity contribution in [1.29, 1.82) is 0 Å². The lowest BCUT2D eigenvalue weighted by molar-refractivity contribution is -0.135. The number of carbonyl (C=O) groups excluding carboxylic acids is 1. The molecular formula is C23H19N3O4S. The van der Waals surface area contributed by atoms with Gasteiger partial charge in [0, 0.05) is 10.9 Å². The predicted molar refractivity (Wildman–Crippen MR) is 121 cm³/mol. The van der Waals surface area contributed by atoms with E-state index in [0.29, 0.717) is 10.2 Å². The molecule has 2 aromatic carbocycles. The minimum absolute atomic E-state index is 0.240. The van der Waals surface area contributed by atoms with Crippen molar-refractivity contribution in [3.63, 3.8) is 0 Å². The second kappa shape index (κ2) is 8.45. The number of nitrogens with two attached hydrogens (primary N) is 1. The summed E-state index contributed by atoms with van der Waals surface area (Å²) in [7, 11) is 1.60. The largest absolute Gasteiger partial charge is 0.497 e. The zero-order valence-electron chi connectivity index (χ0n) is 16.6. The standard InChI is InChI=1S/C23H19N3O4S/c1-30-15-9-7-13(8-10-15)16-11-17(14-5-3-2-4-6-14)26-23-19(16)20(24)21(31-23)22(29)25-12-18(27)28/h2-11H,12,24H2,1H3,(H,25,29)(H,27,28). The molecule has 4 rings (SSSR count). The van der Waals surface area contributed by atoms with E-state index in [1.54, 1.807) is 7.11 Å². The maximum atomic E-state index is 12.5. The fourth-order valence-corrected chi connectivity index (χ4v) is 4.32. The first-order valence-corrected chi connectivity index (χ1v) is 10.2. The number of anilines is 1. The van der Waals surface area contributed by atoms with Gasteiger partial charge in [-0.05, 0) is 29.3 Å². The smallest absolute Gasteiger partial charge is 0.322 e. The highest BCUT2D eigenvalue weighted by Crippen LogP contribution is 2.41. The van der Waals surface area contributed by atoms with Gasteiger partial charge >= 0.3 is 5.97 Å². The number of hydrogen-bond donors (Lipinski definition) is 3. The van der Waals surface area contributed by atoms with Crippen molar-refractivity contribution < 1.29 is 19.4 Å². The van der Waals surface area contributed by atoms with Gasteiger partial charge in [-0.2, -0.15) is 0 Å². The van der Waals surface area contributed by atoms with Crippen LogP contribution in [0, 0.1) is 0 Å². The Morgan fingerprint density at radius 3 is 2.45 bits per heavy atom. The number of pyridine rings is 1. The van der Waals surface area contributed by atoms with Crippen LogP contribution in [0.2, 0.25) is 0 Å². The molecule has 0 spiro atoms. The molecule has 0 fully saturated rings. The molecule has 0 unspecified atom stereocenters. The summed E-state index contributed by atoms with van der Waals surface area (Å²) in [4.78, 5) is 28.9. The van der Waals surface area contributed by atoms with Crippen LogP contribution < -0.4 is 15.8 Å². The lowest BCUT2D eigenvalue weighted by Crippen LogP contribution is -2.29. The summed E-state index contributed by atoms with van der Waals surface area (Å²) in [6.45, 7) is -0.486. The summed E-state index contributed by atoms with van der Waals surface area (Å²) in [5.74, 6) is -0.939. The summed E-state index contributed by atoms with van der Waals surface area (Å²) in [6.07, 6.45) is 0. The Labute approximate surface area is 182 Å². The third-order valence-electron chi connectivity index (χ3n) is 4.78. The van der Waals surface area contributed by atoms with E-state index in [9.17, 15) is 9.59 Å². The van der Waals surface area contributed by atoms with Gasteiger partial charge in [-0.15, -0.1) is 11.3 Å². The van der Waals surface area contributed by atoms with Crippen molar-refractivity contribution in [3.05, 3.63) is 65.5 Å². The second-order valence-electron chi connectivity index (χ2n) is 6.75. The summed E-state index contributed by atoms with van der Waals surface area (Å²) < 4.78 is 5.26. The number of carboxylic acids is 1. The highest BCUT2D eigenvalue weighted by molar-refractivity contribution is 7.21. The van der Waals surface area contributed by atoms with E-state index in [1.165, 1.54) is 0 Å². The summed E-state index contributed by atoms with van der Waals surface area (Å²) in [5, 5.41) is 11.9. The zero-order chi connectivity index (χ0) is 22.0. The van der Waals surface area contributed by atoms with Crippen molar-refractivity contribution in [3.8, 4) is 28.1 Å². The van der Waals surface area contributed by atoms with E-state index in [-0.39, 0.29) is 10.6 Å². The van der Waals surface area contributed by atoms with E-state index < -0.39 is 18.4 Å². The minimum Gasteiger partial charge on any atom is -0.497 e. The van der Waals surface area contributed by atoms with Crippen LogP contribution in [-0.4, -0.2) is 35.6 Å².